The average Bonchev–Trinajstić information content (AvgIpc) is 2.40. The highest BCUT2D eigenvalue weighted by Crippen LogP contribution is 2.21. The molecule has 0 fully saturated rings. The van der Waals surface area contributed by atoms with Gasteiger partial charge in [0.2, 0.25) is 0 Å². The first-order chi connectivity index (χ1) is 8.66. The standard InChI is InChI=1S/C15H16ClNO/c1-11-7-8-12(9-14(11)16)15(17)10-18-13-5-3-2-4-6-13/h2-9,15H,10,17H2,1H3. The molecule has 2 nitrogen and oxygen atoms in total. The van der Waals surface area contributed by atoms with Gasteiger partial charge in [-0.15, -0.1) is 0 Å². The lowest BCUT2D eigenvalue weighted by Crippen LogP contribution is -2.19. The quantitative estimate of drug-likeness (QED) is 0.910. The molecule has 0 saturated heterocycles. The van der Waals surface area contributed by atoms with Crippen LogP contribution in [-0.2, 0) is 0 Å². The van der Waals surface area contributed by atoms with Crippen molar-refractivity contribution in [3.63, 3.8) is 0 Å². The normalized spacial score (nSPS) is 12.2. The molecule has 94 valence electrons. The molecule has 1 atom stereocenters. The van der Waals surface area contributed by atoms with Gasteiger partial charge in [0.25, 0.3) is 0 Å². The van der Waals surface area contributed by atoms with Crippen molar-refractivity contribution >= 4 is 11.6 Å². The number of aryl methyl sites for hydroxylation is 1. The largest absolute Gasteiger partial charge is 0.492 e. The molecular weight excluding hydrogens is 246 g/mol. The molecule has 2 aromatic rings. The van der Waals surface area contributed by atoms with Gasteiger partial charge in [0, 0.05) is 5.02 Å². The molecule has 3 heteroatoms. The van der Waals surface area contributed by atoms with E-state index in [1.807, 2.05) is 55.5 Å². The SMILES string of the molecule is Cc1ccc(C(N)COc2ccccc2)cc1Cl. The minimum atomic E-state index is -0.177. The minimum absolute atomic E-state index is 0.177. The Kier molecular flexibility index (Phi) is 4.24. The fourth-order valence-electron chi connectivity index (χ4n) is 1.64. The van der Waals surface area contributed by atoms with Crippen LogP contribution in [0.25, 0.3) is 0 Å². The molecule has 0 radical (unpaired) electrons. The second-order valence-electron chi connectivity index (χ2n) is 4.24. The van der Waals surface area contributed by atoms with Gasteiger partial charge < -0.3 is 10.5 Å². The minimum Gasteiger partial charge on any atom is -0.492 e. The Hall–Kier alpha value is -1.51. The maximum Gasteiger partial charge on any atom is 0.119 e. The summed E-state index contributed by atoms with van der Waals surface area (Å²) in [5.74, 6) is 0.825. The number of benzene rings is 2. The van der Waals surface area contributed by atoms with Crippen LogP contribution in [0.1, 0.15) is 17.2 Å². The van der Waals surface area contributed by atoms with Gasteiger partial charge in [0.15, 0.2) is 0 Å². The molecule has 0 amide bonds. The van der Waals surface area contributed by atoms with Crippen molar-refractivity contribution in [2.75, 3.05) is 6.61 Å². The third kappa shape index (κ3) is 3.25. The van der Waals surface area contributed by atoms with E-state index in [1.165, 1.54) is 0 Å². The zero-order valence-electron chi connectivity index (χ0n) is 10.3. The number of ether oxygens (including phenoxy) is 1. The van der Waals surface area contributed by atoms with E-state index in [1.54, 1.807) is 0 Å². The van der Waals surface area contributed by atoms with Crippen molar-refractivity contribution in [1.29, 1.82) is 0 Å². The van der Waals surface area contributed by atoms with Crippen molar-refractivity contribution in [3.05, 3.63) is 64.7 Å². The molecule has 0 aliphatic carbocycles. The van der Waals surface area contributed by atoms with Gasteiger partial charge in [0.05, 0.1) is 6.04 Å². The van der Waals surface area contributed by atoms with Gasteiger partial charge in [-0.05, 0) is 36.2 Å². The van der Waals surface area contributed by atoms with E-state index in [9.17, 15) is 0 Å². The summed E-state index contributed by atoms with van der Waals surface area (Å²) < 4.78 is 5.62. The molecule has 0 spiro atoms. The predicted molar refractivity (Wildman–Crippen MR) is 75.1 cm³/mol. The van der Waals surface area contributed by atoms with E-state index >= 15 is 0 Å². The monoisotopic (exact) mass is 261 g/mol. The third-order valence-electron chi connectivity index (χ3n) is 2.80. The van der Waals surface area contributed by atoms with Crippen LogP contribution in [0, 0.1) is 6.92 Å². The Morgan fingerprint density at radius 2 is 1.89 bits per heavy atom. The van der Waals surface area contributed by atoms with E-state index < -0.39 is 0 Å². The summed E-state index contributed by atoms with van der Waals surface area (Å²) in [6, 6.07) is 15.3. The van der Waals surface area contributed by atoms with Gasteiger partial charge in [-0.3, -0.25) is 0 Å². The van der Waals surface area contributed by atoms with Crippen molar-refractivity contribution in [3.8, 4) is 5.75 Å². The molecule has 1 unspecified atom stereocenters. The molecule has 0 aromatic heterocycles. The van der Waals surface area contributed by atoms with Crippen LogP contribution in [0.5, 0.6) is 5.75 Å². The summed E-state index contributed by atoms with van der Waals surface area (Å²) in [6.45, 7) is 2.40. The van der Waals surface area contributed by atoms with Gasteiger partial charge in [-0.1, -0.05) is 41.9 Å². The van der Waals surface area contributed by atoms with E-state index in [4.69, 9.17) is 22.1 Å². The molecule has 0 aliphatic rings. The van der Waals surface area contributed by atoms with Crippen LogP contribution in [0.3, 0.4) is 0 Å². The highest BCUT2D eigenvalue weighted by Gasteiger charge is 2.08. The summed E-state index contributed by atoms with van der Waals surface area (Å²) in [5, 5.41) is 0.739. The molecule has 0 aliphatic heterocycles. The van der Waals surface area contributed by atoms with Gasteiger partial charge >= 0.3 is 0 Å². The Morgan fingerprint density at radius 1 is 1.17 bits per heavy atom. The summed E-state index contributed by atoms with van der Waals surface area (Å²) in [7, 11) is 0. The van der Waals surface area contributed by atoms with Crippen LogP contribution in [0.2, 0.25) is 5.02 Å². The van der Waals surface area contributed by atoms with Crippen LogP contribution in [-0.4, -0.2) is 6.61 Å². The van der Waals surface area contributed by atoms with Crippen molar-refractivity contribution in [2.45, 2.75) is 13.0 Å². The fraction of sp³-hybridized carbons (Fsp3) is 0.200. The average molecular weight is 262 g/mol. The topological polar surface area (TPSA) is 35.2 Å². The predicted octanol–water partition coefficient (Wildman–Crippen LogP) is 3.73. The Balaban J connectivity index is 1.99. The van der Waals surface area contributed by atoms with Gasteiger partial charge in [-0.25, -0.2) is 0 Å². The maximum absolute atomic E-state index is 6.08. The van der Waals surface area contributed by atoms with Crippen molar-refractivity contribution < 1.29 is 4.74 Å². The lowest BCUT2D eigenvalue weighted by molar-refractivity contribution is 0.290. The van der Waals surface area contributed by atoms with Crippen LogP contribution >= 0.6 is 11.6 Å². The number of nitrogens with two attached hydrogens (primary N) is 1. The number of para-hydroxylation sites is 1. The smallest absolute Gasteiger partial charge is 0.119 e. The lowest BCUT2D eigenvalue weighted by Gasteiger charge is -2.14. The van der Waals surface area contributed by atoms with Gasteiger partial charge in [0.1, 0.15) is 12.4 Å². The summed E-state index contributed by atoms with van der Waals surface area (Å²) in [4.78, 5) is 0. The molecule has 0 saturated carbocycles. The van der Waals surface area contributed by atoms with E-state index in [2.05, 4.69) is 0 Å². The molecule has 2 aromatic carbocycles. The summed E-state index contributed by atoms with van der Waals surface area (Å²) in [6.07, 6.45) is 0. The number of hydrogen-bond donors (Lipinski definition) is 1. The first-order valence-electron chi connectivity index (χ1n) is 5.86. The third-order valence-corrected chi connectivity index (χ3v) is 3.20. The number of rotatable bonds is 4. The lowest BCUT2D eigenvalue weighted by atomic mass is 10.1. The second kappa shape index (κ2) is 5.89. The zero-order valence-corrected chi connectivity index (χ0v) is 11.0. The maximum atomic E-state index is 6.08. The van der Waals surface area contributed by atoms with Crippen molar-refractivity contribution in [2.24, 2.45) is 5.73 Å². The summed E-state index contributed by atoms with van der Waals surface area (Å²) in [5.41, 5.74) is 8.12. The first kappa shape index (κ1) is 12.9. The molecule has 18 heavy (non-hydrogen) atoms. The summed E-state index contributed by atoms with van der Waals surface area (Å²) >= 11 is 6.08. The number of halogens is 1. The highest BCUT2D eigenvalue weighted by molar-refractivity contribution is 6.31. The van der Waals surface area contributed by atoms with Crippen LogP contribution in [0.15, 0.2) is 48.5 Å². The number of hydrogen-bond acceptors (Lipinski definition) is 2. The fourth-order valence-corrected chi connectivity index (χ4v) is 1.83. The zero-order chi connectivity index (χ0) is 13.0. The molecule has 2 N–H and O–H groups in total. The first-order valence-corrected chi connectivity index (χ1v) is 6.24. The molecular formula is C15H16ClNO. The van der Waals surface area contributed by atoms with E-state index in [-0.39, 0.29) is 6.04 Å². The molecule has 0 heterocycles. The highest BCUT2D eigenvalue weighted by atomic mass is 35.5. The second-order valence-corrected chi connectivity index (χ2v) is 4.65. The Bertz CT molecular complexity index is 513. The Labute approximate surface area is 112 Å². The van der Waals surface area contributed by atoms with E-state index in [0.29, 0.717) is 6.61 Å². The van der Waals surface area contributed by atoms with Crippen LogP contribution in [0.4, 0.5) is 0 Å². The van der Waals surface area contributed by atoms with E-state index in [0.717, 1.165) is 21.9 Å². The molecule has 2 rings (SSSR count). The van der Waals surface area contributed by atoms with Crippen LogP contribution < -0.4 is 10.5 Å². The van der Waals surface area contributed by atoms with Gasteiger partial charge in [-0.2, -0.15) is 0 Å². The van der Waals surface area contributed by atoms with Crippen molar-refractivity contribution in [1.82, 2.24) is 0 Å². The molecule has 0 bridgehead atoms. The Morgan fingerprint density at radius 3 is 2.56 bits per heavy atom.